The van der Waals surface area contributed by atoms with E-state index in [1.54, 1.807) is 11.7 Å². The van der Waals surface area contributed by atoms with Gasteiger partial charge in [0.1, 0.15) is 5.52 Å². The summed E-state index contributed by atoms with van der Waals surface area (Å²) in [6.07, 6.45) is 5.84. The lowest BCUT2D eigenvalue weighted by atomic mass is 9.90. The number of hydrogen-bond donors (Lipinski definition) is 3. The summed E-state index contributed by atoms with van der Waals surface area (Å²) in [5.74, 6) is 0.212. The molecule has 4 N–H and O–H groups in total. The number of hydrogen-bond acceptors (Lipinski definition) is 7. The van der Waals surface area contributed by atoms with Crippen LogP contribution in [-0.4, -0.2) is 66.4 Å². The third-order valence-corrected chi connectivity index (χ3v) is 9.00. The second-order valence-corrected chi connectivity index (χ2v) is 12.5. The molecule has 4 aromatic rings. The van der Waals surface area contributed by atoms with Crippen molar-refractivity contribution >= 4 is 22.8 Å². The lowest BCUT2D eigenvalue weighted by molar-refractivity contribution is -0.136. The summed E-state index contributed by atoms with van der Waals surface area (Å²) in [6, 6.07) is 17.8. The molecule has 244 valence electrons. The zero-order chi connectivity index (χ0) is 32.7. The molecule has 0 radical (unpaired) electrons. The number of carbonyl (C=O) groups excluding carboxylic acids is 2. The molecule has 11 nitrogen and oxygen atoms in total. The van der Waals surface area contributed by atoms with Gasteiger partial charge < -0.3 is 21.1 Å². The summed E-state index contributed by atoms with van der Waals surface area (Å²) in [5, 5.41) is 18.9. The number of amides is 2. The standard InChI is InChI=1S/C35H45N7O4/c1-25(27-9-5-3-6-10-27)21-30(44)41-19-16-35(46,17-20-41)23-42-24-38-31-32(34(42)45)39-40(2)33(31)28-14-12-26(13-15-28)22-37-29(43)11-7-4-8-18-36/h3,5-6,9-10,12-15,24-25,46H,4,7-8,11,16-23,36H2,1-2H3,(H,37,43)/t25-/m1/s1. The highest BCUT2D eigenvalue weighted by atomic mass is 16.3. The minimum absolute atomic E-state index is 0.0244. The van der Waals surface area contributed by atoms with E-state index < -0.39 is 5.60 Å². The summed E-state index contributed by atoms with van der Waals surface area (Å²) in [7, 11) is 1.78. The molecule has 3 heterocycles. The number of aliphatic hydroxyl groups is 1. The number of aryl methyl sites for hydroxylation is 1. The average molecular weight is 628 g/mol. The molecule has 2 amide bonds. The Balaban J connectivity index is 1.20. The van der Waals surface area contributed by atoms with Gasteiger partial charge in [0.2, 0.25) is 11.8 Å². The quantitative estimate of drug-likeness (QED) is 0.192. The summed E-state index contributed by atoms with van der Waals surface area (Å²) >= 11 is 0. The van der Waals surface area contributed by atoms with Crippen molar-refractivity contribution in [3.05, 3.63) is 82.4 Å². The van der Waals surface area contributed by atoms with Gasteiger partial charge in [-0.25, -0.2) is 4.98 Å². The Morgan fingerprint density at radius 1 is 1.02 bits per heavy atom. The Morgan fingerprint density at radius 2 is 1.74 bits per heavy atom. The fourth-order valence-corrected chi connectivity index (χ4v) is 6.15. The molecule has 0 unspecified atom stereocenters. The number of benzene rings is 2. The maximum atomic E-state index is 13.5. The van der Waals surface area contributed by atoms with E-state index in [-0.39, 0.29) is 35.4 Å². The van der Waals surface area contributed by atoms with Gasteiger partial charge in [-0.05, 0) is 49.3 Å². The van der Waals surface area contributed by atoms with Crippen LogP contribution in [0.4, 0.5) is 0 Å². The molecule has 2 aromatic carbocycles. The van der Waals surface area contributed by atoms with Gasteiger partial charge in [-0.3, -0.25) is 23.6 Å². The Morgan fingerprint density at radius 3 is 2.43 bits per heavy atom. The van der Waals surface area contributed by atoms with E-state index in [4.69, 9.17) is 5.73 Å². The second kappa shape index (κ2) is 14.8. The Kier molecular flexibility index (Phi) is 10.6. The van der Waals surface area contributed by atoms with Crippen LogP contribution in [-0.2, 0) is 29.7 Å². The van der Waals surface area contributed by atoms with Crippen LogP contribution in [0.5, 0.6) is 0 Å². The number of rotatable bonds is 13. The molecule has 5 rings (SSSR count). The second-order valence-electron chi connectivity index (χ2n) is 12.5. The topological polar surface area (TPSA) is 148 Å². The normalized spacial score (nSPS) is 15.2. The maximum Gasteiger partial charge on any atom is 0.281 e. The third kappa shape index (κ3) is 7.89. The molecular weight excluding hydrogens is 582 g/mol. The van der Waals surface area contributed by atoms with Gasteiger partial charge in [-0.1, -0.05) is 67.9 Å². The van der Waals surface area contributed by atoms with Crippen molar-refractivity contribution in [1.82, 2.24) is 29.5 Å². The summed E-state index contributed by atoms with van der Waals surface area (Å²) in [6.45, 7) is 4.08. The number of fused-ring (bicyclic) bond motifs is 1. The number of nitrogens with zero attached hydrogens (tertiary/aromatic N) is 5. The Hall–Kier alpha value is -4.35. The Bertz CT molecular complexity index is 1690. The van der Waals surface area contributed by atoms with Crippen LogP contribution >= 0.6 is 0 Å². The number of nitrogens with one attached hydrogen (secondary N) is 1. The van der Waals surface area contributed by atoms with Crippen LogP contribution < -0.4 is 16.6 Å². The Labute approximate surface area is 269 Å². The predicted molar refractivity (Wildman–Crippen MR) is 178 cm³/mol. The van der Waals surface area contributed by atoms with E-state index in [1.165, 1.54) is 10.9 Å². The van der Waals surface area contributed by atoms with Gasteiger partial charge in [-0.2, -0.15) is 5.10 Å². The molecule has 0 bridgehead atoms. The lowest BCUT2D eigenvalue weighted by Crippen LogP contribution is -2.49. The molecule has 0 spiro atoms. The van der Waals surface area contributed by atoms with Crippen LogP contribution in [0.25, 0.3) is 22.3 Å². The largest absolute Gasteiger partial charge is 0.388 e. The van der Waals surface area contributed by atoms with Crippen LogP contribution in [0, 0.1) is 0 Å². The van der Waals surface area contributed by atoms with E-state index in [9.17, 15) is 19.5 Å². The van der Waals surface area contributed by atoms with Crippen molar-refractivity contribution in [3.63, 3.8) is 0 Å². The van der Waals surface area contributed by atoms with E-state index >= 15 is 0 Å². The van der Waals surface area contributed by atoms with E-state index in [2.05, 4.69) is 22.3 Å². The zero-order valence-corrected chi connectivity index (χ0v) is 26.8. The number of aromatic nitrogens is 4. The van der Waals surface area contributed by atoms with E-state index in [1.807, 2.05) is 59.5 Å². The summed E-state index contributed by atoms with van der Waals surface area (Å²) in [4.78, 5) is 45.0. The van der Waals surface area contributed by atoms with E-state index in [0.717, 1.165) is 36.0 Å². The number of unbranched alkanes of at least 4 members (excludes halogenated alkanes) is 2. The minimum Gasteiger partial charge on any atom is -0.388 e. The first kappa shape index (κ1) is 33.0. The fraction of sp³-hybridized carbons (Fsp3) is 0.457. The maximum absolute atomic E-state index is 13.5. The molecule has 1 aliphatic rings. The van der Waals surface area contributed by atoms with Gasteiger partial charge in [0.05, 0.1) is 24.2 Å². The van der Waals surface area contributed by atoms with Gasteiger partial charge >= 0.3 is 0 Å². The van der Waals surface area contributed by atoms with Crippen LogP contribution in [0.2, 0.25) is 0 Å². The molecule has 1 fully saturated rings. The average Bonchev–Trinajstić information content (AvgIpc) is 3.40. The molecule has 2 aromatic heterocycles. The van der Waals surface area contributed by atoms with Crippen molar-refractivity contribution in [3.8, 4) is 11.3 Å². The van der Waals surface area contributed by atoms with Crippen molar-refractivity contribution in [2.75, 3.05) is 19.6 Å². The number of likely N-dealkylation sites (tertiary alicyclic amines) is 1. The van der Waals surface area contributed by atoms with E-state index in [0.29, 0.717) is 63.1 Å². The highest BCUT2D eigenvalue weighted by Gasteiger charge is 2.35. The minimum atomic E-state index is -1.13. The predicted octanol–water partition coefficient (Wildman–Crippen LogP) is 3.48. The first-order chi connectivity index (χ1) is 22.2. The van der Waals surface area contributed by atoms with Crippen LogP contribution in [0.3, 0.4) is 0 Å². The third-order valence-electron chi connectivity index (χ3n) is 9.00. The molecule has 1 saturated heterocycles. The molecule has 11 heteroatoms. The van der Waals surface area contributed by atoms with Gasteiger partial charge in [0.15, 0.2) is 5.52 Å². The molecule has 0 saturated carbocycles. The first-order valence-corrected chi connectivity index (χ1v) is 16.2. The lowest BCUT2D eigenvalue weighted by Gasteiger charge is -2.38. The fourth-order valence-electron chi connectivity index (χ4n) is 6.15. The van der Waals surface area contributed by atoms with Crippen molar-refractivity contribution in [2.45, 2.75) is 76.5 Å². The monoisotopic (exact) mass is 627 g/mol. The number of piperidine rings is 1. The molecule has 0 aliphatic carbocycles. The van der Waals surface area contributed by atoms with Crippen molar-refractivity contribution < 1.29 is 14.7 Å². The van der Waals surface area contributed by atoms with Gasteiger partial charge in [0.25, 0.3) is 5.56 Å². The van der Waals surface area contributed by atoms with Gasteiger partial charge in [-0.15, -0.1) is 0 Å². The van der Waals surface area contributed by atoms with Crippen molar-refractivity contribution in [1.29, 1.82) is 0 Å². The van der Waals surface area contributed by atoms with Gasteiger partial charge in [0, 0.05) is 45.1 Å². The first-order valence-electron chi connectivity index (χ1n) is 16.2. The van der Waals surface area contributed by atoms with Crippen LogP contribution in [0.1, 0.15) is 68.9 Å². The number of carbonyl (C=O) groups is 2. The number of nitrogens with two attached hydrogens (primary N) is 1. The molecule has 1 aliphatic heterocycles. The molecular formula is C35H45N7O4. The highest BCUT2D eigenvalue weighted by molar-refractivity contribution is 5.89. The highest BCUT2D eigenvalue weighted by Crippen LogP contribution is 2.28. The van der Waals surface area contributed by atoms with Crippen molar-refractivity contribution in [2.24, 2.45) is 12.8 Å². The smallest absolute Gasteiger partial charge is 0.281 e. The summed E-state index contributed by atoms with van der Waals surface area (Å²) in [5.41, 5.74) is 8.44. The molecule has 46 heavy (non-hydrogen) atoms. The molecule has 1 atom stereocenters. The summed E-state index contributed by atoms with van der Waals surface area (Å²) < 4.78 is 3.08. The van der Waals surface area contributed by atoms with Crippen LogP contribution in [0.15, 0.2) is 65.7 Å². The SMILES string of the molecule is C[C@H](CC(=O)N1CCC(O)(Cn2cnc3c(-c4ccc(CNC(=O)CCCCCN)cc4)n(C)nc3c2=O)CC1)c1ccccc1. The zero-order valence-electron chi connectivity index (χ0n) is 26.8.